The second-order valence-electron chi connectivity index (χ2n) is 2.96. The van der Waals surface area contributed by atoms with Crippen LogP contribution >= 0.6 is 15.9 Å². The van der Waals surface area contributed by atoms with E-state index >= 15 is 0 Å². The molecule has 1 aromatic carbocycles. The maximum absolute atomic E-state index is 9.43. The molecular weight excluding hydrogens is 260 g/mol. The van der Waals surface area contributed by atoms with Crippen LogP contribution in [0.1, 0.15) is 5.76 Å². The van der Waals surface area contributed by atoms with E-state index in [4.69, 9.17) is 9.15 Å². The standard InChI is InChI=1S/C11H9BrO3/c12-11-6-5-8(15-11)7-14-10-4-2-1-3-9(10)13/h1-6,13H,7H2. The smallest absolute Gasteiger partial charge is 0.169 e. The lowest BCUT2D eigenvalue weighted by Gasteiger charge is -2.05. The molecule has 0 radical (unpaired) electrons. The molecule has 0 saturated heterocycles. The van der Waals surface area contributed by atoms with E-state index in [9.17, 15) is 5.11 Å². The van der Waals surface area contributed by atoms with Gasteiger partial charge in [-0.1, -0.05) is 12.1 Å². The van der Waals surface area contributed by atoms with Gasteiger partial charge in [0.25, 0.3) is 0 Å². The molecule has 2 aromatic rings. The van der Waals surface area contributed by atoms with E-state index in [1.54, 1.807) is 30.3 Å². The number of aromatic hydroxyl groups is 1. The first-order valence-corrected chi connectivity index (χ1v) is 5.20. The van der Waals surface area contributed by atoms with Crippen molar-refractivity contribution in [2.75, 3.05) is 0 Å². The summed E-state index contributed by atoms with van der Waals surface area (Å²) < 4.78 is 11.3. The zero-order chi connectivity index (χ0) is 10.7. The van der Waals surface area contributed by atoms with Crippen molar-refractivity contribution < 1.29 is 14.3 Å². The van der Waals surface area contributed by atoms with Crippen LogP contribution in [0.15, 0.2) is 45.5 Å². The summed E-state index contributed by atoms with van der Waals surface area (Å²) >= 11 is 3.20. The average Bonchev–Trinajstić information content (AvgIpc) is 2.63. The van der Waals surface area contributed by atoms with E-state index < -0.39 is 0 Å². The molecule has 4 heteroatoms. The predicted molar refractivity (Wildman–Crippen MR) is 58.8 cm³/mol. The number of halogens is 1. The highest BCUT2D eigenvalue weighted by molar-refractivity contribution is 9.10. The number of ether oxygens (including phenoxy) is 1. The van der Waals surface area contributed by atoms with Gasteiger partial charge in [-0.3, -0.25) is 0 Å². The molecule has 2 rings (SSSR count). The van der Waals surface area contributed by atoms with E-state index in [1.165, 1.54) is 0 Å². The van der Waals surface area contributed by atoms with E-state index in [0.717, 1.165) is 0 Å². The average molecular weight is 269 g/mol. The van der Waals surface area contributed by atoms with Gasteiger partial charge in [0.15, 0.2) is 16.2 Å². The monoisotopic (exact) mass is 268 g/mol. The van der Waals surface area contributed by atoms with E-state index in [0.29, 0.717) is 22.8 Å². The topological polar surface area (TPSA) is 42.6 Å². The Kier molecular flexibility index (Phi) is 2.97. The Hall–Kier alpha value is -1.42. The predicted octanol–water partition coefficient (Wildman–Crippen LogP) is 3.33. The van der Waals surface area contributed by atoms with Crippen molar-refractivity contribution in [1.82, 2.24) is 0 Å². The van der Waals surface area contributed by atoms with Gasteiger partial charge >= 0.3 is 0 Å². The second kappa shape index (κ2) is 4.40. The molecule has 0 saturated carbocycles. The summed E-state index contributed by atoms with van der Waals surface area (Å²) in [6, 6.07) is 10.4. The van der Waals surface area contributed by atoms with Crippen LogP contribution in [0.5, 0.6) is 11.5 Å². The Morgan fingerprint density at radius 2 is 2.00 bits per heavy atom. The van der Waals surface area contributed by atoms with Crippen LogP contribution in [-0.2, 0) is 6.61 Å². The number of phenols is 1. The molecule has 0 amide bonds. The van der Waals surface area contributed by atoms with Crippen LogP contribution < -0.4 is 4.74 Å². The molecular formula is C11H9BrO3. The number of rotatable bonds is 3. The first-order chi connectivity index (χ1) is 7.25. The van der Waals surface area contributed by atoms with Crippen molar-refractivity contribution in [3.63, 3.8) is 0 Å². The maximum Gasteiger partial charge on any atom is 0.169 e. The quantitative estimate of drug-likeness (QED) is 0.929. The second-order valence-corrected chi connectivity index (χ2v) is 3.74. The molecule has 78 valence electrons. The molecule has 0 unspecified atom stereocenters. The van der Waals surface area contributed by atoms with Crippen LogP contribution in [0.2, 0.25) is 0 Å². The lowest BCUT2D eigenvalue weighted by atomic mass is 10.3. The molecule has 0 bridgehead atoms. The van der Waals surface area contributed by atoms with Gasteiger partial charge in [-0.25, -0.2) is 0 Å². The Labute approximate surface area is 95.4 Å². The van der Waals surface area contributed by atoms with Crippen molar-refractivity contribution in [2.24, 2.45) is 0 Å². The number of benzene rings is 1. The summed E-state index contributed by atoms with van der Waals surface area (Å²) in [5.41, 5.74) is 0. The molecule has 0 aliphatic heterocycles. The maximum atomic E-state index is 9.43. The van der Waals surface area contributed by atoms with Crippen molar-refractivity contribution in [3.8, 4) is 11.5 Å². The molecule has 3 nitrogen and oxygen atoms in total. The third-order valence-corrected chi connectivity index (χ3v) is 2.29. The molecule has 1 aromatic heterocycles. The molecule has 15 heavy (non-hydrogen) atoms. The molecule has 1 N–H and O–H groups in total. The number of para-hydroxylation sites is 2. The van der Waals surface area contributed by atoms with Gasteiger partial charge in [-0.05, 0) is 40.2 Å². The third kappa shape index (κ3) is 2.53. The van der Waals surface area contributed by atoms with Gasteiger partial charge in [0, 0.05) is 0 Å². The first kappa shape index (κ1) is 10.1. The number of hydrogen-bond acceptors (Lipinski definition) is 3. The minimum Gasteiger partial charge on any atom is -0.504 e. The van der Waals surface area contributed by atoms with Crippen molar-refractivity contribution in [3.05, 3.63) is 46.8 Å². The summed E-state index contributed by atoms with van der Waals surface area (Å²) in [4.78, 5) is 0. The first-order valence-electron chi connectivity index (χ1n) is 4.41. The van der Waals surface area contributed by atoms with Crippen LogP contribution in [0.4, 0.5) is 0 Å². The van der Waals surface area contributed by atoms with E-state index in [2.05, 4.69) is 15.9 Å². The zero-order valence-corrected chi connectivity index (χ0v) is 9.40. The minimum absolute atomic E-state index is 0.128. The summed E-state index contributed by atoms with van der Waals surface area (Å²) in [6.07, 6.45) is 0. The molecule has 0 atom stereocenters. The number of hydrogen-bond donors (Lipinski definition) is 1. The fourth-order valence-corrected chi connectivity index (χ4v) is 1.50. The van der Waals surface area contributed by atoms with E-state index in [-0.39, 0.29) is 5.75 Å². The molecule has 0 aliphatic carbocycles. The van der Waals surface area contributed by atoms with Crippen LogP contribution in [-0.4, -0.2) is 5.11 Å². The number of phenolic OH excluding ortho intramolecular Hbond substituents is 1. The van der Waals surface area contributed by atoms with Gasteiger partial charge in [0.05, 0.1) is 0 Å². The minimum atomic E-state index is 0.128. The van der Waals surface area contributed by atoms with Gasteiger partial charge in [-0.2, -0.15) is 0 Å². The number of furan rings is 1. The Balaban J connectivity index is 2.02. The highest BCUT2D eigenvalue weighted by atomic mass is 79.9. The largest absolute Gasteiger partial charge is 0.504 e. The summed E-state index contributed by atoms with van der Waals surface area (Å²) in [5, 5.41) is 9.43. The van der Waals surface area contributed by atoms with Crippen LogP contribution in [0.3, 0.4) is 0 Å². The van der Waals surface area contributed by atoms with E-state index in [1.807, 2.05) is 6.07 Å². The Morgan fingerprint density at radius 1 is 1.20 bits per heavy atom. The van der Waals surface area contributed by atoms with Crippen LogP contribution in [0.25, 0.3) is 0 Å². The van der Waals surface area contributed by atoms with Gasteiger partial charge < -0.3 is 14.3 Å². The third-order valence-electron chi connectivity index (χ3n) is 1.86. The van der Waals surface area contributed by atoms with Gasteiger partial charge in [-0.15, -0.1) is 0 Å². The fourth-order valence-electron chi connectivity index (χ4n) is 1.16. The molecule has 0 fully saturated rings. The van der Waals surface area contributed by atoms with Crippen molar-refractivity contribution >= 4 is 15.9 Å². The Morgan fingerprint density at radius 3 is 2.67 bits per heavy atom. The lowest BCUT2D eigenvalue weighted by molar-refractivity contribution is 0.256. The molecule has 0 aliphatic rings. The lowest BCUT2D eigenvalue weighted by Crippen LogP contribution is -1.93. The summed E-state index contributed by atoms with van der Waals surface area (Å²) in [7, 11) is 0. The highest BCUT2D eigenvalue weighted by Gasteiger charge is 2.03. The SMILES string of the molecule is Oc1ccccc1OCc1ccc(Br)o1. The van der Waals surface area contributed by atoms with Crippen molar-refractivity contribution in [1.29, 1.82) is 0 Å². The Bertz CT molecular complexity index is 451. The normalized spacial score (nSPS) is 10.2. The van der Waals surface area contributed by atoms with Gasteiger partial charge in [0.2, 0.25) is 0 Å². The van der Waals surface area contributed by atoms with Crippen LogP contribution in [0, 0.1) is 0 Å². The van der Waals surface area contributed by atoms with Crippen molar-refractivity contribution in [2.45, 2.75) is 6.61 Å². The summed E-state index contributed by atoms with van der Waals surface area (Å²) in [6.45, 7) is 0.295. The molecule has 0 spiro atoms. The zero-order valence-electron chi connectivity index (χ0n) is 7.81. The molecule has 1 heterocycles. The summed E-state index contributed by atoms with van der Waals surface area (Å²) in [5.74, 6) is 1.28. The highest BCUT2D eigenvalue weighted by Crippen LogP contribution is 2.25. The fraction of sp³-hybridized carbons (Fsp3) is 0.0909. The van der Waals surface area contributed by atoms with Gasteiger partial charge in [0.1, 0.15) is 12.4 Å².